The summed E-state index contributed by atoms with van der Waals surface area (Å²) in [6, 6.07) is 0. The molecule has 7 heavy (non-hydrogen) atoms. The first-order valence-electron chi connectivity index (χ1n) is 1.51. The van der Waals surface area contributed by atoms with Crippen LogP contribution in [-0.4, -0.2) is 11.5 Å². The van der Waals surface area contributed by atoms with E-state index in [1.165, 1.54) is 6.29 Å². The second-order valence-corrected chi connectivity index (χ2v) is 1.13. The summed E-state index contributed by atoms with van der Waals surface area (Å²) in [6.45, 7) is 0. The zero-order valence-corrected chi connectivity index (χ0v) is 4.11. The molecule has 0 heterocycles. The first-order chi connectivity index (χ1) is 3.27. The Kier molecular flexibility index (Phi) is 3.11. The molecule has 0 radical (unpaired) electrons. The zero-order valence-electron chi connectivity index (χ0n) is 3.35. The number of allylic oxidation sites excluding steroid dienone is 2. The van der Waals surface area contributed by atoms with Gasteiger partial charge in [-0.3, -0.25) is 4.79 Å². The minimum Gasteiger partial charge on any atom is -0.251 e. The van der Waals surface area contributed by atoms with Crippen molar-refractivity contribution in [2.45, 2.75) is 0 Å². The molecule has 0 unspecified atom stereocenters. The lowest BCUT2D eigenvalue weighted by molar-refractivity contribution is -0.107. The second kappa shape index (κ2) is 3.47. The molecule has 36 valence electrons. The summed E-state index contributed by atoms with van der Waals surface area (Å²) in [7, 11) is 0. The van der Waals surface area contributed by atoms with E-state index in [1.807, 2.05) is 0 Å². The molecule has 0 bridgehead atoms. The largest absolute Gasteiger partial charge is 0.356 e. The highest BCUT2D eigenvalue weighted by Crippen LogP contribution is 1.78. The van der Waals surface area contributed by atoms with Gasteiger partial charge < -0.3 is 0 Å². The zero-order chi connectivity index (χ0) is 5.70. The highest BCUT2D eigenvalue weighted by Gasteiger charge is 1.90. The number of carbonyl (C=O) groups is 1. The first-order valence-corrected chi connectivity index (χ1v) is 1.89. The Hall–Kier alpha value is -0.720. The molecule has 0 aliphatic carbocycles. The van der Waals surface area contributed by atoms with Crippen molar-refractivity contribution in [1.29, 1.82) is 0 Å². The molecule has 0 rings (SSSR count). The van der Waals surface area contributed by atoms with E-state index in [-0.39, 0.29) is 0 Å². The van der Waals surface area contributed by atoms with Gasteiger partial charge in [-0.05, 0) is 11.6 Å². The fraction of sp³-hybridized carbons (Fsp3) is 0. The summed E-state index contributed by atoms with van der Waals surface area (Å²) in [6.07, 6.45) is 3.20. The van der Waals surface area contributed by atoms with E-state index in [9.17, 15) is 9.59 Å². The van der Waals surface area contributed by atoms with E-state index in [0.29, 0.717) is 0 Å². The first kappa shape index (κ1) is 6.28. The highest BCUT2D eigenvalue weighted by atomic mass is 35.5. The molecule has 0 atom stereocenters. The van der Waals surface area contributed by atoms with Crippen LogP contribution in [0.2, 0.25) is 0 Å². The van der Waals surface area contributed by atoms with E-state index >= 15 is 0 Å². The van der Waals surface area contributed by atoms with Gasteiger partial charge in [-0.1, -0.05) is 4.79 Å². The van der Waals surface area contributed by atoms with Crippen molar-refractivity contribution in [1.82, 2.24) is 0 Å². The third kappa shape index (κ3) is 5.28. The van der Waals surface area contributed by atoms with E-state index in [4.69, 9.17) is 11.6 Å². The molecule has 0 aromatic rings. The van der Waals surface area contributed by atoms with E-state index in [0.717, 1.165) is 12.2 Å². The minimum absolute atomic E-state index is 0.664. The summed E-state index contributed by atoms with van der Waals surface area (Å²) < 4.78 is 0. The van der Waals surface area contributed by atoms with Crippen molar-refractivity contribution in [3.8, 4) is 0 Å². The quantitative estimate of drug-likeness (QED) is 0.298. The van der Waals surface area contributed by atoms with Gasteiger partial charge in [0.2, 0.25) is 6.08 Å². The van der Waals surface area contributed by atoms with Gasteiger partial charge in [-0.15, -0.1) is 0 Å². The van der Waals surface area contributed by atoms with Crippen LogP contribution in [-0.2, 0) is 9.59 Å². The third-order valence-electron chi connectivity index (χ3n) is 0.282. The number of rotatable bonds is 2. The van der Waals surface area contributed by atoms with Crippen LogP contribution >= 0.6 is 11.6 Å². The molecule has 0 amide bonds. The van der Waals surface area contributed by atoms with Gasteiger partial charge in [-0.2, -0.15) is 0 Å². The van der Waals surface area contributed by atoms with E-state index in [1.54, 1.807) is 0 Å². The molecule has 0 spiro atoms. The number of halogens is 1. The normalized spacial score (nSPS) is 8.71. The van der Waals surface area contributed by atoms with Gasteiger partial charge in [0, 0.05) is 0 Å². The monoisotopic (exact) mass is 117 g/mol. The second-order valence-electron chi connectivity index (χ2n) is 0.755. The SMILES string of the molecule is O=[C+]/C=C/C(=O)Cl. The smallest absolute Gasteiger partial charge is 0.251 e. The van der Waals surface area contributed by atoms with Crippen LogP contribution in [0.5, 0.6) is 0 Å². The van der Waals surface area contributed by atoms with Gasteiger partial charge in [0.25, 0.3) is 0 Å². The topological polar surface area (TPSA) is 34.1 Å². The Morgan fingerprint density at radius 1 is 1.71 bits per heavy atom. The lowest BCUT2D eigenvalue weighted by Crippen LogP contribution is -1.73. The lowest BCUT2D eigenvalue weighted by Gasteiger charge is -1.54. The summed E-state index contributed by atoms with van der Waals surface area (Å²) in [5.41, 5.74) is 0. The number of hydrogen-bond acceptors (Lipinski definition) is 2. The van der Waals surface area contributed by atoms with Crippen molar-refractivity contribution in [2.75, 3.05) is 0 Å². The van der Waals surface area contributed by atoms with Gasteiger partial charge in [0.05, 0.1) is 0 Å². The maximum Gasteiger partial charge on any atom is 0.356 e. The molecular weight excluding hydrogens is 115 g/mol. The fourth-order valence-corrected chi connectivity index (χ4v) is 0.163. The summed E-state index contributed by atoms with van der Waals surface area (Å²) in [5, 5.41) is -0.664. The standard InChI is InChI=1S/C4H2ClO2/c5-4(7)2-1-3-6/h1-2H/q+1/b2-1+. The fourth-order valence-electron chi connectivity index (χ4n) is 0.0995. The maximum atomic E-state index is 9.70. The Bertz CT molecular complexity index is 106. The Morgan fingerprint density at radius 2 is 2.29 bits per heavy atom. The van der Waals surface area contributed by atoms with Crippen molar-refractivity contribution >= 4 is 23.1 Å². The van der Waals surface area contributed by atoms with Crippen LogP contribution in [0.1, 0.15) is 0 Å². The van der Waals surface area contributed by atoms with Gasteiger partial charge in [-0.25, -0.2) is 0 Å². The molecule has 0 N–H and O–H groups in total. The lowest BCUT2D eigenvalue weighted by atomic mass is 10.6. The molecule has 2 nitrogen and oxygen atoms in total. The molecule has 0 aliphatic heterocycles. The molecule has 0 fully saturated rings. The van der Waals surface area contributed by atoms with Crippen molar-refractivity contribution in [3.05, 3.63) is 12.2 Å². The van der Waals surface area contributed by atoms with Crippen LogP contribution in [0.3, 0.4) is 0 Å². The molecule has 3 heteroatoms. The average Bonchev–Trinajstić information content (AvgIpc) is 1.61. The Morgan fingerprint density at radius 3 is 2.43 bits per heavy atom. The van der Waals surface area contributed by atoms with Crippen LogP contribution in [0.4, 0.5) is 0 Å². The van der Waals surface area contributed by atoms with Crippen LogP contribution in [0.25, 0.3) is 0 Å². The molecule has 0 aliphatic rings. The van der Waals surface area contributed by atoms with Gasteiger partial charge >= 0.3 is 11.5 Å². The van der Waals surface area contributed by atoms with Crippen LogP contribution in [0, 0.1) is 0 Å². The Labute approximate surface area is 45.8 Å². The van der Waals surface area contributed by atoms with E-state index in [2.05, 4.69) is 0 Å². The predicted molar refractivity (Wildman–Crippen MR) is 25.7 cm³/mol. The summed E-state index contributed by atoms with van der Waals surface area (Å²) in [5.74, 6) is 0. The summed E-state index contributed by atoms with van der Waals surface area (Å²) in [4.78, 5) is 19.0. The Balaban J connectivity index is 3.46. The summed E-state index contributed by atoms with van der Waals surface area (Å²) >= 11 is 4.75. The molecule has 0 aromatic carbocycles. The third-order valence-corrected chi connectivity index (χ3v) is 0.408. The van der Waals surface area contributed by atoms with Crippen molar-refractivity contribution in [3.63, 3.8) is 0 Å². The van der Waals surface area contributed by atoms with Crippen LogP contribution < -0.4 is 0 Å². The van der Waals surface area contributed by atoms with E-state index < -0.39 is 5.24 Å². The predicted octanol–water partition coefficient (Wildman–Crippen LogP) is 0.418. The number of carbonyl (C=O) groups excluding carboxylic acids is 2. The minimum atomic E-state index is -0.664. The average molecular weight is 118 g/mol. The van der Waals surface area contributed by atoms with Gasteiger partial charge in [0.1, 0.15) is 6.08 Å². The van der Waals surface area contributed by atoms with Crippen molar-refractivity contribution in [2.24, 2.45) is 0 Å². The molecule has 0 saturated heterocycles. The molecule has 0 aromatic heterocycles. The van der Waals surface area contributed by atoms with Crippen LogP contribution in [0.15, 0.2) is 12.2 Å². The van der Waals surface area contributed by atoms with Gasteiger partial charge in [0.15, 0.2) is 0 Å². The van der Waals surface area contributed by atoms with Crippen molar-refractivity contribution < 1.29 is 9.59 Å². The maximum absolute atomic E-state index is 9.70. The highest BCUT2D eigenvalue weighted by molar-refractivity contribution is 6.66. The number of hydrogen-bond donors (Lipinski definition) is 0. The molecule has 0 saturated carbocycles. The molecular formula is C4H2ClO2+.